The highest BCUT2D eigenvalue weighted by Gasteiger charge is 2.34. The molecule has 0 saturated heterocycles. The van der Waals surface area contributed by atoms with Crippen molar-refractivity contribution in [3.8, 4) is 21.6 Å². The molecular formula is C25H20F3NO2S. The van der Waals surface area contributed by atoms with Gasteiger partial charge in [0.15, 0.2) is 0 Å². The van der Waals surface area contributed by atoms with Crippen LogP contribution in [0.25, 0.3) is 31.7 Å². The smallest absolute Gasteiger partial charge is 0.417 e. The van der Waals surface area contributed by atoms with E-state index in [4.69, 9.17) is 5.73 Å². The van der Waals surface area contributed by atoms with Crippen LogP contribution in [0.1, 0.15) is 18.1 Å². The molecule has 3 nitrogen and oxygen atoms in total. The van der Waals surface area contributed by atoms with Gasteiger partial charge < -0.3 is 10.8 Å². The Morgan fingerprint density at radius 1 is 0.969 bits per heavy atom. The van der Waals surface area contributed by atoms with Gasteiger partial charge in [0.25, 0.3) is 0 Å². The molecular weight excluding hydrogens is 435 g/mol. The lowest BCUT2D eigenvalue weighted by molar-refractivity contribution is -0.142. The van der Waals surface area contributed by atoms with Crippen molar-refractivity contribution in [1.82, 2.24) is 0 Å². The molecule has 0 saturated carbocycles. The number of hydrogen-bond donors (Lipinski definition) is 2. The Balaban J connectivity index is 1.75. The maximum Gasteiger partial charge on any atom is 0.417 e. The molecule has 4 rings (SSSR count). The molecule has 1 aromatic heterocycles. The molecule has 0 radical (unpaired) electrons. The number of nitrogens with two attached hydrogens (primary N) is 1. The molecule has 3 N–H and O–H groups in total. The van der Waals surface area contributed by atoms with Gasteiger partial charge in [0, 0.05) is 16.0 Å². The molecule has 0 bridgehead atoms. The van der Waals surface area contributed by atoms with Crippen LogP contribution in [0.3, 0.4) is 0 Å². The van der Waals surface area contributed by atoms with Crippen molar-refractivity contribution in [2.45, 2.75) is 25.1 Å². The molecule has 0 fully saturated rings. The summed E-state index contributed by atoms with van der Waals surface area (Å²) in [4.78, 5) is 12.0. The number of benzene rings is 3. The minimum Gasteiger partial charge on any atom is -0.480 e. The fourth-order valence-electron chi connectivity index (χ4n) is 3.65. The van der Waals surface area contributed by atoms with Crippen LogP contribution < -0.4 is 5.73 Å². The third-order valence-electron chi connectivity index (χ3n) is 5.33. The van der Waals surface area contributed by atoms with Crippen molar-refractivity contribution in [1.29, 1.82) is 0 Å². The van der Waals surface area contributed by atoms with E-state index in [1.807, 2.05) is 18.2 Å². The van der Waals surface area contributed by atoms with Crippen LogP contribution in [-0.2, 0) is 17.4 Å². The van der Waals surface area contributed by atoms with Gasteiger partial charge in [-0.3, -0.25) is 4.79 Å². The van der Waals surface area contributed by atoms with E-state index >= 15 is 0 Å². The molecule has 0 amide bonds. The van der Waals surface area contributed by atoms with Crippen LogP contribution in [0.15, 0.2) is 72.8 Å². The normalized spacial score (nSPS) is 13.8. The molecule has 0 spiro atoms. The first-order chi connectivity index (χ1) is 15.0. The summed E-state index contributed by atoms with van der Waals surface area (Å²) in [5, 5.41) is 10.1. The van der Waals surface area contributed by atoms with E-state index in [-0.39, 0.29) is 12.0 Å². The third-order valence-corrected chi connectivity index (χ3v) is 6.50. The first-order valence-corrected chi connectivity index (χ1v) is 10.7. The predicted molar refractivity (Wildman–Crippen MR) is 122 cm³/mol. The molecule has 0 aliphatic rings. The number of aliphatic carboxylic acids is 1. The minimum absolute atomic E-state index is 0.140. The van der Waals surface area contributed by atoms with Crippen LogP contribution in [0.5, 0.6) is 0 Å². The summed E-state index contributed by atoms with van der Waals surface area (Å²) in [6.07, 6.45) is -4.35. The highest BCUT2D eigenvalue weighted by Crippen LogP contribution is 2.41. The van der Waals surface area contributed by atoms with E-state index in [0.717, 1.165) is 15.6 Å². The van der Waals surface area contributed by atoms with Crippen molar-refractivity contribution in [2.75, 3.05) is 0 Å². The van der Waals surface area contributed by atoms with Crippen molar-refractivity contribution in [2.24, 2.45) is 5.73 Å². The number of rotatable bonds is 5. The number of carbonyl (C=O) groups is 1. The summed E-state index contributed by atoms with van der Waals surface area (Å²) in [6.45, 7) is 1.45. The molecule has 1 unspecified atom stereocenters. The lowest BCUT2D eigenvalue weighted by Crippen LogP contribution is -2.46. The summed E-state index contributed by atoms with van der Waals surface area (Å²) in [5.74, 6) is -1.10. The van der Waals surface area contributed by atoms with Gasteiger partial charge >= 0.3 is 12.1 Å². The van der Waals surface area contributed by atoms with E-state index in [2.05, 4.69) is 0 Å². The molecule has 3 aromatic carbocycles. The molecule has 0 aliphatic heterocycles. The lowest BCUT2D eigenvalue weighted by atomic mass is 9.93. The summed E-state index contributed by atoms with van der Waals surface area (Å²) < 4.78 is 42.5. The van der Waals surface area contributed by atoms with E-state index in [1.54, 1.807) is 42.5 Å². The van der Waals surface area contributed by atoms with Crippen molar-refractivity contribution in [3.05, 3.63) is 83.9 Å². The van der Waals surface area contributed by atoms with Crippen LogP contribution in [0.2, 0.25) is 0 Å². The maximum atomic E-state index is 13.9. The number of fused-ring (bicyclic) bond motifs is 1. The Morgan fingerprint density at radius 3 is 2.34 bits per heavy atom. The Morgan fingerprint density at radius 2 is 1.69 bits per heavy atom. The molecule has 1 heterocycles. The highest BCUT2D eigenvalue weighted by molar-refractivity contribution is 7.22. The first kappa shape index (κ1) is 22.0. The van der Waals surface area contributed by atoms with E-state index in [1.165, 1.54) is 30.4 Å². The fraction of sp³-hybridized carbons (Fsp3) is 0.160. The standard InChI is InChI=1S/C25H20F3NO2S/c1-24(29,23(30)31)14-15-7-10-21-18(11-15)13-22(32-21)17-8-9-19(16-5-3-2-4-6-16)20(12-17)25(26,27)28/h2-13H,14,29H2,1H3,(H,30,31). The van der Waals surface area contributed by atoms with Gasteiger partial charge in [-0.25, -0.2) is 0 Å². The van der Waals surface area contributed by atoms with Crippen molar-refractivity contribution < 1.29 is 23.1 Å². The molecule has 7 heteroatoms. The van der Waals surface area contributed by atoms with Gasteiger partial charge in [-0.1, -0.05) is 54.6 Å². The summed E-state index contributed by atoms with van der Waals surface area (Å²) in [5.41, 5.74) is 5.65. The summed E-state index contributed by atoms with van der Waals surface area (Å²) in [7, 11) is 0. The van der Waals surface area contributed by atoms with Gasteiger partial charge in [0.1, 0.15) is 5.54 Å². The van der Waals surface area contributed by atoms with Gasteiger partial charge in [-0.05, 0) is 52.8 Å². The minimum atomic E-state index is -4.49. The van der Waals surface area contributed by atoms with Crippen LogP contribution in [0, 0.1) is 0 Å². The number of carboxylic acid groups (broad SMARTS) is 1. The maximum absolute atomic E-state index is 13.9. The monoisotopic (exact) mass is 455 g/mol. The second kappa shape index (κ2) is 8.07. The zero-order valence-electron chi connectivity index (χ0n) is 17.1. The van der Waals surface area contributed by atoms with Crippen molar-refractivity contribution in [3.63, 3.8) is 0 Å². The number of halogens is 3. The second-order valence-corrected chi connectivity index (χ2v) is 9.09. The van der Waals surface area contributed by atoms with Gasteiger partial charge in [0.05, 0.1) is 5.56 Å². The summed E-state index contributed by atoms with van der Waals surface area (Å²) in [6, 6.07) is 20.2. The molecule has 1 atom stereocenters. The third kappa shape index (κ3) is 4.40. The van der Waals surface area contributed by atoms with Gasteiger partial charge in [0.2, 0.25) is 0 Å². The van der Waals surface area contributed by atoms with Crippen LogP contribution in [-0.4, -0.2) is 16.6 Å². The quantitative estimate of drug-likeness (QED) is 0.356. The second-order valence-electron chi connectivity index (χ2n) is 8.01. The highest BCUT2D eigenvalue weighted by atomic mass is 32.1. The topological polar surface area (TPSA) is 63.3 Å². The largest absolute Gasteiger partial charge is 0.480 e. The van der Waals surface area contributed by atoms with E-state index in [0.29, 0.717) is 16.0 Å². The van der Waals surface area contributed by atoms with E-state index < -0.39 is 23.2 Å². The number of carboxylic acids is 1. The molecule has 164 valence electrons. The number of thiophene rings is 1. The lowest BCUT2D eigenvalue weighted by Gasteiger charge is -2.18. The summed E-state index contributed by atoms with van der Waals surface area (Å²) >= 11 is 1.39. The number of hydrogen-bond acceptors (Lipinski definition) is 3. The molecule has 32 heavy (non-hydrogen) atoms. The number of alkyl halides is 3. The Bertz CT molecular complexity index is 1290. The SMILES string of the molecule is CC(N)(Cc1ccc2sc(-c3ccc(-c4ccccc4)c(C(F)(F)F)c3)cc2c1)C(=O)O. The first-order valence-electron chi connectivity index (χ1n) is 9.86. The van der Waals surface area contributed by atoms with Crippen molar-refractivity contribution >= 4 is 27.4 Å². The molecule has 4 aromatic rings. The van der Waals surface area contributed by atoms with Crippen LogP contribution >= 0.6 is 11.3 Å². The Hall–Kier alpha value is -3.16. The predicted octanol–water partition coefficient (Wildman–Crippen LogP) is 6.60. The van der Waals surface area contributed by atoms with E-state index in [9.17, 15) is 23.1 Å². The van der Waals surface area contributed by atoms with Gasteiger partial charge in [-0.2, -0.15) is 13.2 Å². The average molecular weight is 456 g/mol. The zero-order chi connectivity index (χ0) is 23.1. The fourth-order valence-corrected chi connectivity index (χ4v) is 4.69. The zero-order valence-corrected chi connectivity index (χ0v) is 17.9. The van der Waals surface area contributed by atoms with Gasteiger partial charge in [-0.15, -0.1) is 11.3 Å². The Kier molecular flexibility index (Phi) is 5.56. The average Bonchev–Trinajstić information content (AvgIpc) is 3.16. The molecule has 0 aliphatic carbocycles. The Labute approximate surface area is 186 Å². The van der Waals surface area contributed by atoms with Crippen LogP contribution in [0.4, 0.5) is 13.2 Å².